The number of hydrogen-bond donors (Lipinski definition) is 1. The zero-order valence-electron chi connectivity index (χ0n) is 20.6. The Morgan fingerprint density at radius 1 is 1.12 bits per heavy atom. The normalized spacial score (nSPS) is 13.6. The van der Waals surface area contributed by atoms with Crippen molar-refractivity contribution >= 4 is 26.0 Å². The van der Waals surface area contributed by atoms with Crippen LogP contribution in [0.1, 0.15) is 66.7 Å². The largest absolute Gasteiger partial charge is 0.465 e. The molecule has 0 fully saturated rings. The van der Waals surface area contributed by atoms with E-state index < -0.39 is 10.7 Å². The molecule has 2 rings (SSSR count). The quantitative estimate of drug-likeness (QED) is 0.177. The molecule has 1 aromatic carbocycles. The number of unbranched alkanes of at least 4 members (excludes halogenated alkanes) is 3. The first-order chi connectivity index (χ1) is 15.4. The van der Waals surface area contributed by atoms with Crippen LogP contribution < -0.4 is 5.56 Å². The highest BCUT2D eigenvalue weighted by molar-refractivity contribution is 7.71. The number of benzene rings is 1. The van der Waals surface area contributed by atoms with Crippen LogP contribution in [0.25, 0.3) is 11.3 Å². The minimum absolute atomic E-state index is 0.147. The SMILES string of the molecule is [B]C(C)(C)CC(C)(C(=O)OCCCCCCn1c(-c2ccccc2)cc(=O)[nH]c1=S)C(C)C. The summed E-state index contributed by atoms with van der Waals surface area (Å²) in [5, 5.41) is -0.431. The van der Waals surface area contributed by atoms with Gasteiger partial charge in [0.25, 0.3) is 5.56 Å². The Morgan fingerprint density at radius 3 is 2.36 bits per heavy atom. The number of H-pyrrole nitrogens is 1. The Labute approximate surface area is 204 Å². The topological polar surface area (TPSA) is 64.1 Å². The van der Waals surface area contributed by atoms with E-state index in [0.717, 1.165) is 43.5 Å². The highest BCUT2D eigenvalue weighted by atomic mass is 32.1. The first kappa shape index (κ1) is 27.1. The Bertz CT molecular complexity index is 1020. The summed E-state index contributed by atoms with van der Waals surface area (Å²) in [7, 11) is 6.18. The van der Waals surface area contributed by atoms with Crippen LogP contribution in [0.4, 0.5) is 0 Å². The lowest BCUT2D eigenvalue weighted by atomic mass is 9.60. The summed E-state index contributed by atoms with van der Waals surface area (Å²) in [5.74, 6) is -0.0170. The number of carbonyl (C=O) groups is 1. The fraction of sp³-hybridized carbons (Fsp3) is 0.577. The van der Waals surface area contributed by atoms with Gasteiger partial charge in [0.05, 0.1) is 25.6 Å². The van der Waals surface area contributed by atoms with Crippen molar-refractivity contribution in [3.8, 4) is 11.3 Å². The maximum absolute atomic E-state index is 12.8. The van der Waals surface area contributed by atoms with Crippen molar-refractivity contribution in [1.82, 2.24) is 9.55 Å². The Morgan fingerprint density at radius 2 is 1.76 bits per heavy atom. The van der Waals surface area contributed by atoms with Crippen molar-refractivity contribution in [3.63, 3.8) is 0 Å². The third-order valence-electron chi connectivity index (χ3n) is 6.18. The van der Waals surface area contributed by atoms with E-state index in [9.17, 15) is 9.59 Å². The molecular formula is C26H37BN2O3S. The van der Waals surface area contributed by atoms with E-state index in [2.05, 4.69) is 4.98 Å². The summed E-state index contributed by atoms with van der Waals surface area (Å²) in [5.41, 5.74) is 1.01. The van der Waals surface area contributed by atoms with Crippen LogP contribution in [0.5, 0.6) is 0 Å². The van der Waals surface area contributed by atoms with Gasteiger partial charge in [-0.3, -0.25) is 14.6 Å². The predicted octanol–water partition coefficient (Wildman–Crippen LogP) is 6.10. The molecular weight excluding hydrogens is 431 g/mol. The van der Waals surface area contributed by atoms with Gasteiger partial charge in [0.1, 0.15) is 0 Å². The molecule has 0 spiro atoms. The van der Waals surface area contributed by atoms with E-state index in [1.54, 1.807) is 6.07 Å². The number of aromatic nitrogens is 2. The molecule has 0 saturated carbocycles. The third-order valence-corrected chi connectivity index (χ3v) is 6.50. The standard InChI is InChI=1S/C26H37BN2O3S/c1-19(2)26(5,18-25(3,4)27)23(31)32-16-12-7-6-11-15-29-21(17-22(30)28-24(29)33)20-13-9-8-10-14-20/h8-10,13-14,17,19H,6-7,11-12,15-16,18H2,1-5H3,(H,28,30,33). The van der Waals surface area contributed by atoms with Crippen LogP contribution in [-0.4, -0.2) is 30.0 Å². The van der Waals surface area contributed by atoms with Gasteiger partial charge in [0.2, 0.25) is 0 Å². The van der Waals surface area contributed by atoms with Crippen LogP contribution in [0.2, 0.25) is 5.31 Å². The molecule has 0 saturated heterocycles. The Balaban J connectivity index is 1.85. The molecule has 33 heavy (non-hydrogen) atoms. The number of nitrogens with zero attached hydrogens (tertiary/aromatic N) is 1. The van der Waals surface area contributed by atoms with Crippen LogP contribution in [-0.2, 0) is 16.1 Å². The lowest BCUT2D eigenvalue weighted by molar-refractivity contribution is -0.159. The van der Waals surface area contributed by atoms with Gasteiger partial charge in [0.15, 0.2) is 4.77 Å². The second-order valence-electron chi connectivity index (χ2n) is 10.1. The summed E-state index contributed by atoms with van der Waals surface area (Å²) in [6, 6.07) is 11.4. The summed E-state index contributed by atoms with van der Waals surface area (Å²) in [4.78, 5) is 27.4. The van der Waals surface area contributed by atoms with E-state index in [-0.39, 0.29) is 17.4 Å². The lowest BCUT2D eigenvalue weighted by Crippen LogP contribution is -2.37. The molecule has 7 heteroatoms. The summed E-state index contributed by atoms with van der Waals surface area (Å²) >= 11 is 5.41. The van der Waals surface area contributed by atoms with Gasteiger partial charge < -0.3 is 9.30 Å². The maximum Gasteiger partial charge on any atom is 0.312 e. The third kappa shape index (κ3) is 7.99. The molecule has 178 valence electrons. The van der Waals surface area contributed by atoms with Crippen molar-refractivity contribution in [2.45, 2.75) is 78.6 Å². The summed E-state index contributed by atoms with van der Waals surface area (Å²) in [6.45, 7) is 11.1. The number of esters is 1. The van der Waals surface area contributed by atoms with Crippen LogP contribution in [0.3, 0.4) is 0 Å². The number of carbonyl (C=O) groups excluding carboxylic acids is 1. The van der Waals surface area contributed by atoms with Crippen molar-refractivity contribution in [3.05, 3.63) is 51.5 Å². The van der Waals surface area contributed by atoms with Crippen molar-refractivity contribution < 1.29 is 9.53 Å². The average Bonchev–Trinajstić information content (AvgIpc) is 2.73. The monoisotopic (exact) mass is 468 g/mol. The molecule has 2 aromatic rings. The second-order valence-corrected chi connectivity index (χ2v) is 10.5. The lowest BCUT2D eigenvalue weighted by Gasteiger charge is -2.37. The van der Waals surface area contributed by atoms with Crippen LogP contribution in [0, 0.1) is 16.1 Å². The minimum atomic E-state index is -0.590. The average molecular weight is 468 g/mol. The minimum Gasteiger partial charge on any atom is -0.465 e. The van der Waals surface area contributed by atoms with Gasteiger partial charge in [-0.2, -0.15) is 0 Å². The molecule has 0 aliphatic carbocycles. The molecule has 1 aromatic heterocycles. The molecule has 0 bridgehead atoms. The molecule has 0 amide bonds. The number of hydrogen-bond acceptors (Lipinski definition) is 4. The maximum atomic E-state index is 12.8. The van der Waals surface area contributed by atoms with Gasteiger partial charge in [-0.1, -0.05) is 69.8 Å². The highest BCUT2D eigenvalue weighted by Crippen LogP contribution is 2.42. The smallest absolute Gasteiger partial charge is 0.312 e. The zero-order valence-corrected chi connectivity index (χ0v) is 21.5. The van der Waals surface area contributed by atoms with Crippen molar-refractivity contribution in [1.29, 1.82) is 0 Å². The first-order valence-corrected chi connectivity index (χ1v) is 12.2. The molecule has 1 unspecified atom stereocenters. The Hall–Kier alpha value is -2.15. The molecule has 2 radical (unpaired) electrons. The van der Waals surface area contributed by atoms with Gasteiger partial charge in [-0.25, -0.2) is 0 Å². The molecule has 5 nitrogen and oxygen atoms in total. The number of nitrogens with one attached hydrogen (secondary N) is 1. The van der Waals surface area contributed by atoms with E-state index in [1.165, 1.54) is 0 Å². The number of ether oxygens (including phenoxy) is 1. The number of aromatic amines is 1. The summed E-state index contributed by atoms with van der Waals surface area (Å²) < 4.78 is 8.05. The molecule has 0 aliphatic heterocycles. The zero-order chi connectivity index (χ0) is 24.6. The fourth-order valence-electron chi connectivity index (χ4n) is 4.10. The van der Waals surface area contributed by atoms with Gasteiger partial charge in [-0.05, 0) is 56.3 Å². The fourth-order valence-corrected chi connectivity index (χ4v) is 4.39. The predicted molar refractivity (Wildman–Crippen MR) is 138 cm³/mol. The van der Waals surface area contributed by atoms with Gasteiger partial charge in [0, 0.05) is 12.6 Å². The second kappa shape index (κ2) is 11.8. The van der Waals surface area contributed by atoms with E-state index in [1.807, 2.05) is 69.5 Å². The highest BCUT2D eigenvalue weighted by Gasteiger charge is 2.40. The number of rotatable bonds is 12. The van der Waals surface area contributed by atoms with Gasteiger partial charge >= 0.3 is 5.97 Å². The van der Waals surface area contributed by atoms with Crippen molar-refractivity contribution in [2.75, 3.05) is 6.61 Å². The van der Waals surface area contributed by atoms with E-state index in [0.29, 0.717) is 17.8 Å². The van der Waals surface area contributed by atoms with Gasteiger partial charge in [-0.15, -0.1) is 0 Å². The Kier molecular flexibility index (Phi) is 9.71. The molecule has 1 heterocycles. The molecule has 0 aliphatic rings. The first-order valence-electron chi connectivity index (χ1n) is 11.8. The van der Waals surface area contributed by atoms with Crippen molar-refractivity contribution in [2.24, 2.45) is 11.3 Å². The molecule has 1 N–H and O–H groups in total. The van der Waals surface area contributed by atoms with E-state index >= 15 is 0 Å². The van der Waals surface area contributed by atoms with Crippen LogP contribution in [0.15, 0.2) is 41.2 Å². The molecule has 1 atom stereocenters. The van der Waals surface area contributed by atoms with E-state index in [4.69, 9.17) is 24.8 Å². The summed E-state index contributed by atoms with van der Waals surface area (Å²) in [6.07, 6.45) is 4.24. The van der Waals surface area contributed by atoms with Crippen LogP contribution >= 0.6 is 12.2 Å².